The van der Waals surface area contributed by atoms with E-state index in [1.54, 1.807) is 18.3 Å². The summed E-state index contributed by atoms with van der Waals surface area (Å²) in [5.41, 5.74) is 2.45. The molecule has 0 radical (unpaired) electrons. The zero-order chi connectivity index (χ0) is 15.4. The van der Waals surface area contributed by atoms with Crippen molar-refractivity contribution in [3.05, 3.63) is 65.7 Å². The Bertz CT molecular complexity index is 746. The first kappa shape index (κ1) is 13.9. The van der Waals surface area contributed by atoms with Gasteiger partial charge in [-0.05, 0) is 23.8 Å². The average molecular weight is 289 g/mol. The SMILES string of the molecule is C#Cc1cccc(NC(=O)N2N=CCC2c2ccccc2)c1. The van der Waals surface area contributed by atoms with Gasteiger partial charge in [0, 0.05) is 23.9 Å². The Morgan fingerprint density at radius 1 is 1.23 bits per heavy atom. The Labute approximate surface area is 129 Å². The number of hydrogen-bond acceptors (Lipinski definition) is 2. The molecule has 0 saturated heterocycles. The summed E-state index contributed by atoms with van der Waals surface area (Å²) < 4.78 is 0. The van der Waals surface area contributed by atoms with Crippen LogP contribution in [-0.2, 0) is 0 Å². The van der Waals surface area contributed by atoms with Gasteiger partial charge in [-0.25, -0.2) is 9.80 Å². The van der Waals surface area contributed by atoms with Crippen molar-refractivity contribution in [2.45, 2.75) is 12.5 Å². The summed E-state index contributed by atoms with van der Waals surface area (Å²) in [6.07, 6.45) is 7.84. The monoisotopic (exact) mass is 289 g/mol. The van der Waals surface area contributed by atoms with Gasteiger partial charge in [0.05, 0.1) is 6.04 Å². The number of carbonyl (C=O) groups excluding carboxylic acids is 1. The lowest BCUT2D eigenvalue weighted by molar-refractivity contribution is 0.200. The molecule has 0 aromatic heterocycles. The second-order valence-electron chi connectivity index (χ2n) is 4.96. The molecule has 0 bridgehead atoms. The standard InChI is InChI=1S/C18H15N3O/c1-2-14-7-6-10-16(13-14)20-18(22)21-17(11-12-19-21)15-8-4-3-5-9-15/h1,3-10,12-13,17H,11H2,(H,20,22). The Hall–Kier alpha value is -3.06. The zero-order valence-corrected chi connectivity index (χ0v) is 11.9. The maximum Gasteiger partial charge on any atom is 0.342 e. The van der Waals surface area contributed by atoms with Crippen LogP contribution in [0.5, 0.6) is 0 Å². The maximum absolute atomic E-state index is 12.4. The van der Waals surface area contributed by atoms with E-state index >= 15 is 0 Å². The van der Waals surface area contributed by atoms with Crippen molar-refractivity contribution < 1.29 is 4.79 Å². The molecule has 1 aliphatic rings. The molecular formula is C18H15N3O. The van der Waals surface area contributed by atoms with Crippen LogP contribution < -0.4 is 5.32 Å². The van der Waals surface area contributed by atoms with Crippen molar-refractivity contribution in [2.24, 2.45) is 5.10 Å². The molecule has 1 aliphatic heterocycles. The van der Waals surface area contributed by atoms with Gasteiger partial charge in [-0.15, -0.1) is 6.42 Å². The second-order valence-corrected chi connectivity index (χ2v) is 4.96. The minimum Gasteiger partial charge on any atom is -0.306 e. The number of urea groups is 1. The van der Waals surface area contributed by atoms with Crippen molar-refractivity contribution in [2.75, 3.05) is 5.32 Å². The van der Waals surface area contributed by atoms with Gasteiger partial charge in [-0.2, -0.15) is 5.10 Å². The Morgan fingerprint density at radius 2 is 2.05 bits per heavy atom. The molecule has 3 rings (SSSR count). The van der Waals surface area contributed by atoms with Gasteiger partial charge in [0.15, 0.2) is 0 Å². The predicted octanol–water partition coefficient (Wildman–Crippen LogP) is 3.63. The molecule has 22 heavy (non-hydrogen) atoms. The number of rotatable bonds is 2. The van der Waals surface area contributed by atoms with Crippen LogP contribution in [0.15, 0.2) is 59.7 Å². The van der Waals surface area contributed by atoms with Crippen molar-refractivity contribution in [3.8, 4) is 12.3 Å². The van der Waals surface area contributed by atoms with Gasteiger partial charge in [0.1, 0.15) is 0 Å². The van der Waals surface area contributed by atoms with Crippen molar-refractivity contribution in [1.29, 1.82) is 0 Å². The lowest BCUT2D eigenvalue weighted by Gasteiger charge is -2.22. The highest BCUT2D eigenvalue weighted by Crippen LogP contribution is 2.28. The topological polar surface area (TPSA) is 44.7 Å². The van der Waals surface area contributed by atoms with Crippen LogP contribution in [0.1, 0.15) is 23.6 Å². The minimum atomic E-state index is -0.267. The summed E-state index contributed by atoms with van der Waals surface area (Å²) in [6.45, 7) is 0. The average Bonchev–Trinajstić information content (AvgIpc) is 3.05. The van der Waals surface area contributed by atoms with E-state index in [-0.39, 0.29) is 12.1 Å². The molecule has 4 heteroatoms. The number of hydrazone groups is 1. The van der Waals surface area contributed by atoms with Gasteiger partial charge in [0.2, 0.25) is 0 Å². The Balaban J connectivity index is 1.76. The highest BCUT2D eigenvalue weighted by Gasteiger charge is 2.28. The first-order chi connectivity index (χ1) is 10.8. The van der Waals surface area contributed by atoms with E-state index in [1.807, 2.05) is 42.5 Å². The number of anilines is 1. The van der Waals surface area contributed by atoms with E-state index in [9.17, 15) is 4.79 Å². The molecular weight excluding hydrogens is 274 g/mol. The lowest BCUT2D eigenvalue weighted by Crippen LogP contribution is -2.31. The van der Waals surface area contributed by atoms with Gasteiger partial charge < -0.3 is 5.32 Å². The molecule has 0 spiro atoms. The molecule has 2 amide bonds. The van der Waals surface area contributed by atoms with Crippen LogP contribution >= 0.6 is 0 Å². The second kappa shape index (κ2) is 6.15. The molecule has 1 N–H and O–H groups in total. The fraction of sp³-hybridized carbons (Fsp3) is 0.111. The lowest BCUT2D eigenvalue weighted by atomic mass is 10.1. The fourth-order valence-corrected chi connectivity index (χ4v) is 2.43. The largest absolute Gasteiger partial charge is 0.342 e. The highest BCUT2D eigenvalue weighted by atomic mass is 16.2. The molecule has 0 aliphatic carbocycles. The maximum atomic E-state index is 12.4. The van der Waals surface area contributed by atoms with E-state index in [0.29, 0.717) is 12.1 Å². The van der Waals surface area contributed by atoms with Crippen LogP contribution in [-0.4, -0.2) is 17.3 Å². The van der Waals surface area contributed by atoms with Crippen molar-refractivity contribution >= 4 is 17.9 Å². The number of carbonyl (C=O) groups is 1. The molecule has 108 valence electrons. The molecule has 1 heterocycles. The number of terminal acetylenes is 1. The summed E-state index contributed by atoms with van der Waals surface area (Å²) in [4.78, 5) is 12.4. The molecule has 2 aromatic carbocycles. The summed E-state index contributed by atoms with van der Waals surface area (Å²) in [7, 11) is 0. The Morgan fingerprint density at radius 3 is 2.82 bits per heavy atom. The summed E-state index contributed by atoms with van der Waals surface area (Å²) in [6, 6.07) is 16.7. The number of amides is 2. The summed E-state index contributed by atoms with van der Waals surface area (Å²) >= 11 is 0. The van der Waals surface area contributed by atoms with Crippen molar-refractivity contribution in [3.63, 3.8) is 0 Å². The Kier molecular flexibility index (Phi) is 3.88. The molecule has 2 aromatic rings. The smallest absolute Gasteiger partial charge is 0.306 e. The predicted molar refractivity (Wildman–Crippen MR) is 87.5 cm³/mol. The minimum absolute atomic E-state index is 0.0722. The quantitative estimate of drug-likeness (QED) is 0.843. The van der Waals surface area contributed by atoms with Gasteiger partial charge in [-0.1, -0.05) is 42.3 Å². The van der Waals surface area contributed by atoms with Crippen LogP contribution in [0.2, 0.25) is 0 Å². The number of hydrogen-bond donors (Lipinski definition) is 1. The van der Waals surface area contributed by atoms with Crippen LogP contribution in [0.4, 0.5) is 10.5 Å². The fourth-order valence-electron chi connectivity index (χ4n) is 2.43. The van der Waals surface area contributed by atoms with E-state index in [1.165, 1.54) is 5.01 Å². The van der Waals surface area contributed by atoms with Crippen molar-refractivity contribution in [1.82, 2.24) is 5.01 Å². The van der Waals surface area contributed by atoms with Crippen LogP contribution in [0, 0.1) is 12.3 Å². The molecule has 0 saturated carbocycles. The molecule has 1 unspecified atom stereocenters. The van der Waals surface area contributed by atoms with Gasteiger partial charge in [0.25, 0.3) is 0 Å². The van der Waals surface area contributed by atoms with E-state index in [2.05, 4.69) is 16.3 Å². The number of nitrogens with zero attached hydrogens (tertiary/aromatic N) is 2. The zero-order valence-electron chi connectivity index (χ0n) is 11.9. The number of nitrogens with one attached hydrogen (secondary N) is 1. The third kappa shape index (κ3) is 2.84. The third-order valence-electron chi connectivity index (χ3n) is 3.50. The van der Waals surface area contributed by atoms with Crippen LogP contribution in [0.25, 0.3) is 0 Å². The van der Waals surface area contributed by atoms with E-state index in [4.69, 9.17) is 6.42 Å². The van der Waals surface area contributed by atoms with Crippen LogP contribution in [0.3, 0.4) is 0 Å². The first-order valence-electron chi connectivity index (χ1n) is 7.02. The third-order valence-corrected chi connectivity index (χ3v) is 3.50. The summed E-state index contributed by atoms with van der Waals surface area (Å²) in [5, 5.41) is 8.49. The highest BCUT2D eigenvalue weighted by molar-refractivity contribution is 5.91. The van der Waals surface area contributed by atoms with E-state index in [0.717, 1.165) is 11.1 Å². The van der Waals surface area contributed by atoms with Gasteiger partial charge in [-0.3, -0.25) is 0 Å². The normalized spacial score (nSPS) is 16.3. The van der Waals surface area contributed by atoms with Gasteiger partial charge >= 0.3 is 6.03 Å². The first-order valence-corrected chi connectivity index (χ1v) is 7.02. The molecule has 1 atom stereocenters. The molecule has 0 fully saturated rings. The van der Waals surface area contributed by atoms with E-state index < -0.39 is 0 Å². The number of benzene rings is 2. The molecule has 4 nitrogen and oxygen atoms in total. The summed E-state index contributed by atoms with van der Waals surface area (Å²) in [5.74, 6) is 2.55.